The Hall–Kier alpha value is -6.24. The molecule has 0 fully saturated rings. The van der Waals surface area contributed by atoms with Gasteiger partial charge in [0.15, 0.2) is 0 Å². The highest BCUT2D eigenvalue weighted by Gasteiger charge is 2.50. The van der Waals surface area contributed by atoms with Gasteiger partial charge in [-0.2, -0.15) is 0 Å². The maximum absolute atomic E-state index is 7.69. The van der Waals surface area contributed by atoms with Crippen LogP contribution in [-0.2, 0) is 27.1 Å². The van der Waals surface area contributed by atoms with Gasteiger partial charge in [0.1, 0.15) is 5.58 Å². The summed E-state index contributed by atoms with van der Waals surface area (Å²) >= 11 is 0. The predicted molar refractivity (Wildman–Crippen MR) is 317 cm³/mol. The molecule has 1 aromatic heterocycles. The van der Waals surface area contributed by atoms with Crippen molar-refractivity contribution in [3.8, 4) is 0 Å². The first-order valence-corrected chi connectivity index (χ1v) is 30.6. The van der Waals surface area contributed by atoms with Crippen molar-refractivity contribution < 1.29 is 4.42 Å². The number of hydrogen-bond acceptors (Lipinski definition) is 4. The molecule has 3 heterocycles. The smallest absolute Gasteiger partial charge is 0.297 e. The van der Waals surface area contributed by atoms with Gasteiger partial charge in [-0.1, -0.05) is 168 Å². The van der Waals surface area contributed by atoms with E-state index in [-0.39, 0.29) is 33.8 Å². The molecule has 0 amide bonds. The van der Waals surface area contributed by atoms with Gasteiger partial charge in [-0.15, -0.1) is 0 Å². The minimum atomic E-state index is -1.57. The fourth-order valence-electron chi connectivity index (χ4n) is 13.1. The van der Waals surface area contributed by atoms with Crippen LogP contribution in [0.25, 0.3) is 11.0 Å². The van der Waals surface area contributed by atoms with E-state index in [1.807, 2.05) is 0 Å². The van der Waals surface area contributed by atoms with Crippen molar-refractivity contribution in [1.82, 2.24) is 0 Å². The molecule has 0 N–H and O–H groups in total. The van der Waals surface area contributed by atoms with E-state index in [9.17, 15) is 0 Å². The predicted octanol–water partition coefficient (Wildman–Crippen LogP) is 16.5. The summed E-state index contributed by atoms with van der Waals surface area (Å²) in [4.78, 5) is 7.68. The molecule has 0 spiro atoms. The van der Waals surface area contributed by atoms with Crippen LogP contribution in [0.1, 0.15) is 130 Å². The summed E-state index contributed by atoms with van der Waals surface area (Å²) in [6.07, 6.45) is 4.57. The monoisotopic (exact) mass is 976 g/mol. The lowest BCUT2D eigenvalue weighted by atomic mass is 9.35. The van der Waals surface area contributed by atoms with Crippen molar-refractivity contribution in [2.45, 2.75) is 149 Å². The van der Waals surface area contributed by atoms with E-state index in [2.05, 4.69) is 256 Å². The molecular weight excluding hydrogens is 902 g/mol. The second-order valence-corrected chi connectivity index (χ2v) is 31.9. The number of benzene rings is 7. The lowest BCUT2D eigenvalue weighted by Crippen LogP contribution is -2.61. The van der Waals surface area contributed by atoms with Gasteiger partial charge in [0.2, 0.25) is 0 Å². The van der Waals surface area contributed by atoms with Crippen LogP contribution in [0.2, 0.25) is 19.6 Å². The van der Waals surface area contributed by atoms with Crippen LogP contribution < -0.4 is 36.5 Å². The topological polar surface area (TPSA) is 22.9 Å². The number of para-hydroxylation sites is 2. The van der Waals surface area contributed by atoms with Gasteiger partial charge in [0.05, 0.1) is 25.1 Å². The van der Waals surface area contributed by atoms with E-state index in [1.165, 1.54) is 66.4 Å². The van der Waals surface area contributed by atoms with Crippen molar-refractivity contribution in [1.29, 1.82) is 0 Å². The summed E-state index contributed by atoms with van der Waals surface area (Å²) in [7, 11) is -1.57. The molecular formula is C67H74BN3OSi. The molecule has 0 atom stereocenters. The van der Waals surface area contributed by atoms with Crippen molar-refractivity contribution in [2.75, 3.05) is 14.7 Å². The van der Waals surface area contributed by atoms with Gasteiger partial charge >= 0.3 is 0 Å². The molecule has 73 heavy (non-hydrogen) atoms. The third kappa shape index (κ3) is 7.58. The number of rotatable bonds is 6. The Morgan fingerprint density at radius 2 is 1.00 bits per heavy atom. The summed E-state index contributed by atoms with van der Waals surface area (Å²) in [6, 6.07) is 56.3. The van der Waals surface area contributed by atoms with E-state index < -0.39 is 8.07 Å². The average molecular weight is 976 g/mol. The molecule has 370 valence electrons. The molecule has 0 bridgehead atoms. The summed E-state index contributed by atoms with van der Waals surface area (Å²) in [5, 5.41) is 2.64. The quantitative estimate of drug-likeness (QED) is 0.155. The molecule has 0 saturated heterocycles. The lowest BCUT2D eigenvalue weighted by molar-refractivity contribution is 0.332. The molecule has 2 aliphatic carbocycles. The summed E-state index contributed by atoms with van der Waals surface area (Å²) < 4.78 is 7.69. The highest BCUT2D eigenvalue weighted by molar-refractivity contribution is 7.00. The van der Waals surface area contributed by atoms with Gasteiger partial charge < -0.3 is 19.1 Å². The van der Waals surface area contributed by atoms with E-state index in [1.54, 1.807) is 0 Å². The Bertz CT molecular complexity index is 3480. The van der Waals surface area contributed by atoms with E-state index in [4.69, 9.17) is 4.42 Å². The lowest BCUT2D eigenvalue weighted by Gasteiger charge is -2.47. The third-order valence-electron chi connectivity index (χ3n) is 17.9. The van der Waals surface area contributed by atoms with Gasteiger partial charge in [0.25, 0.3) is 6.71 Å². The van der Waals surface area contributed by atoms with Crippen LogP contribution in [0.5, 0.6) is 0 Å². The standard InChI is InChI=1S/C67H74BN3OSi/c1-63(2,3)43-25-27-47(28-26-43)70-56-41-53-52(65(6,7)34-35-66(53,8)9)40-55(56)68-60-57(70)37-48(69(44-21-17-15-18-22-44)46-29-31-49(32-30-46)73(12,13)14)38-58(60)71(45-23-19-16-20-24-45)61-50-39-51-54(42-59(50)72-62(61)68)67(10,11)36-33-64(51,4)5/h15-32,37-42H,33-36H2,1-14H3. The number of hydrogen-bond donors (Lipinski definition) is 0. The second kappa shape index (κ2) is 16.1. The maximum Gasteiger partial charge on any atom is 0.297 e. The molecule has 0 unspecified atom stereocenters. The van der Waals surface area contributed by atoms with Crippen LogP contribution in [-0.4, -0.2) is 14.8 Å². The number of nitrogens with zero attached hydrogens (tertiary/aromatic N) is 3. The Labute approximate surface area is 437 Å². The highest BCUT2D eigenvalue weighted by Crippen LogP contribution is 2.54. The second-order valence-electron chi connectivity index (χ2n) is 26.8. The van der Waals surface area contributed by atoms with E-state index >= 15 is 0 Å². The molecule has 0 radical (unpaired) electrons. The normalized spacial score (nSPS) is 17.9. The van der Waals surface area contributed by atoms with Gasteiger partial charge in [-0.25, -0.2) is 0 Å². The minimum Gasteiger partial charge on any atom is -0.468 e. The summed E-state index contributed by atoms with van der Waals surface area (Å²) in [5.41, 5.74) is 22.1. The fourth-order valence-corrected chi connectivity index (χ4v) is 14.3. The first-order valence-electron chi connectivity index (χ1n) is 27.1. The molecule has 0 saturated carbocycles. The summed E-state index contributed by atoms with van der Waals surface area (Å²) in [6.45, 7) is 33.7. The highest BCUT2D eigenvalue weighted by atomic mass is 28.3. The first-order chi connectivity index (χ1) is 34.4. The zero-order chi connectivity index (χ0) is 51.4. The molecule has 7 aromatic carbocycles. The Morgan fingerprint density at radius 1 is 0.507 bits per heavy atom. The number of fused-ring (bicyclic) bond motifs is 8. The molecule has 6 heteroatoms. The Balaban J connectivity index is 1.24. The zero-order valence-electron chi connectivity index (χ0n) is 46.0. The van der Waals surface area contributed by atoms with Crippen molar-refractivity contribution >= 4 is 98.7 Å². The SMILES string of the molecule is CC(C)(C)c1ccc(N2c3cc4c(cc3B3c5oc6cc7c(cc6c5N(c5ccccc5)c5cc(N(c6ccccc6)c6ccc([Si](C)(C)C)cc6)cc2c53)C(C)(C)CCC7(C)C)C(C)(C)CCC4(C)C)cc1. The van der Waals surface area contributed by atoms with E-state index in [0.717, 1.165) is 71.1 Å². The molecule has 8 aromatic rings. The Kier molecular flexibility index (Phi) is 10.6. The van der Waals surface area contributed by atoms with E-state index in [0.29, 0.717) is 0 Å². The number of anilines is 9. The van der Waals surface area contributed by atoms with Gasteiger partial charge in [-0.3, -0.25) is 0 Å². The molecule has 2 aliphatic heterocycles. The van der Waals surface area contributed by atoms with Crippen LogP contribution in [0.15, 0.2) is 150 Å². The molecule has 4 aliphatic rings. The van der Waals surface area contributed by atoms with Crippen LogP contribution >= 0.6 is 0 Å². The van der Waals surface area contributed by atoms with Crippen molar-refractivity contribution in [2.24, 2.45) is 0 Å². The summed E-state index contributed by atoms with van der Waals surface area (Å²) in [5.74, 6) is 0. The largest absolute Gasteiger partial charge is 0.468 e. The average Bonchev–Trinajstić information content (AvgIpc) is 3.74. The van der Waals surface area contributed by atoms with Crippen LogP contribution in [0.3, 0.4) is 0 Å². The van der Waals surface area contributed by atoms with Crippen molar-refractivity contribution in [3.05, 3.63) is 173 Å². The van der Waals surface area contributed by atoms with Gasteiger partial charge in [-0.05, 0) is 170 Å². The Morgan fingerprint density at radius 3 is 1.56 bits per heavy atom. The molecule has 12 rings (SSSR count). The first kappa shape index (κ1) is 47.7. The minimum absolute atomic E-state index is 0.000981. The van der Waals surface area contributed by atoms with Crippen LogP contribution in [0, 0.1) is 0 Å². The molecule has 4 nitrogen and oxygen atoms in total. The number of furan rings is 1. The fraction of sp³-hybridized carbons (Fsp3) is 0.343. The maximum atomic E-state index is 7.69. The van der Waals surface area contributed by atoms with Crippen molar-refractivity contribution in [3.63, 3.8) is 0 Å². The van der Waals surface area contributed by atoms with Gasteiger partial charge in [0, 0.05) is 45.2 Å². The van der Waals surface area contributed by atoms with Crippen LogP contribution in [0.4, 0.5) is 51.2 Å². The third-order valence-corrected chi connectivity index (χ3v) is 19.9. The zero-order valence-corrected chi connectivity index (χ0v) is 47.0.